The summed E-state index contributed by atoms with van der Waals surface area (Å²) in [7, 11) is 0. The van der Waals surface area contributed by atoms with Crippen molar-refractivity contribution >= 4 is 5.91 Å². The molecule has 0 bridgehead atoms. The second kappa shape index (κ2) is 6.25. The average molecular weight is 299 g/mol. The van der Waals surface area contributed by atoms with Crippen molar-refractivity contribution in [3.8, 4) is 0 Å². The van der Waals surface area contributed by atoms with Crippen LogP contribution in [0.5, 0.6) is 0 Å². The highest BCUT2D eigenvalue weighted by Gasteiger charge is 2.44. The van der Waals surface area contributed by atoms with E-state index in [0.29, 0.717) is 11.8 Å². The normalized spacial score (nSPS) is 29.8. The van der Waals surface area contributed by atoms with Crippen LogP contribution in [0.25, 0.3) is 0 Å². The zero-order chi connectivity index (χ0) is 15.7. The molecule has 3 nitrogen and oxygen atoms in total. The molecule has 1 aromatic rings. The van der Waals surface area contributed by atoms with Crippen molar-refractivity contribution in [3.63, 3.8) is 0 Å². The molecule has 0 aromatic heterocycles. The lowest BCUT2D eigenvalue weighted by Gasteiger charge is -2.13. The predicted molar refractivity (Wildman–Crippen MR) is 87.6 cm³/mol. The average Bonchev–Trinajstić information content (AvgIpc) is 3.20. The van der Waals surface area contributed by atoms with Crippen LogP contribution in [0, 0.1) is 11.8 Å². The van der Waals surface area contributed by atoms with Crippen LogP contribution in [0.1, 0.15) is 49.7 Å². The summed E-state index contributed by atoms with van der Waals surface area (Å²) < 4.78 is 0. The molecule has 0 saturated heterocycles. The third-order valence-corrected chi connectivity index (χ3v) is 4.89. The first-order valence-electron chi connectivity index (χ1n) is 8.28. The van der Waals surface area contributed by atoms with Crippen LogP contribution in [0.2, 0.25) is 0 Å². The molecule has 1 saturated carbocycles. The Bertz CT molecular complexity index is 561. The topological polar surface area (TPSA) is 49.3 Å². The number of carbonyl (C=O) groups excluding carboxylic acids is 1. The minimum atomic E-state index is 0.0919. The Labute approximate surface area is 132 Å². The number of hydrogen-bond donors (Lipinski definition) is 2. The van der Waals surface area contributed by atoms with Gasteiger partial charge in [0.25, 0.3) is 0 Å². The van der Waals surface area contributed by atoms with Crippen LogP contribution >= 0.6 is 0 Å². The first-order valence-corrected chi connectivity index (χ1v) is 8.28. The molecule has 2 aliphatic carbocycles. The van der Waals surface area contributed by atoms with Crippen molar-refractivity contribution in [2.75, 3.05) is 6.61 Å². The number of nitrogens with one attached hydrogen (secondary N) is 1. The van der Waals surface area contributed by atoms with Gasteiger partial charge in [-0.25, -0.2) is 0 Å². The van der Waals surface area contributed by atoms with Gasteiger partial charge >= 0.3 is 0 Å². The molecule has 3 rings (SSSR count). The van der Waals surface area contributed by atoms with E-state index in [1.54, 1.807) is 0 Å². The molecule has 3 heteroatoms. The van der Waals surface area contributed by atoms with Gasteiger partial charge in [0, 0.05) is 24.5 Å². The minimum absolute atomic E-state index is 0.0919. The third-order valence-electron chi connectivity index (χ3n) is 4.89. The Morgan fingerprint density at radius 3 is 2.55 bits per heavy atom. The summed E-state index contributed by atoms with van der Waals surface area (Å²) in [6.45, 7) is 4.55. The number of aliphatic hydroxyl groups is 1. The van der Waals surface area contributed by atoms with E-state index in [0.717, 1.165) is 12.8 Å². The molecule has 2 aliphatic rings. The summed E-state index contributed by atoms with van der Waals surface area (Å²) in [5.74, 6) is 1.39. The predicted octanol–water partition coefficient (Wildman–Crippen LogP) is 2.97. The van der Waals surface area contributed by atoms with Crippen LogP contribution in [0.3, 0.4) is 0 Å². The molecule has 4 atom stereocenters. The maximum Gasteiger partial charge on any atom is 0.224 e. The van der Waals surface area contributed by atoms with Crippen LogP contribution in [0.15, 0.2) is 36.4 Å². The number of aliphatic hydroxyl groups excluding tert-OH is 1. The van der Waals surface area contributed by atoms with Crippen molar-refractivity contribution in [3.05, 3.63) is 47.5 Å². The van der Waals surface area contributed by atoms with Crippen molar-refractivity contribution in [2.45, 2.75) is 44.6 Å². The molecule has 0 aliphatic heterocycles. The van der Waals surface area contributed by atoms with E-state index >= 15 is 0 Å². The molecule has 1 fully saturated rings. The minimum Gasteiger partial charge on any atom is -0.396 e. The van der Waals surface area contributed by atoms with Gasteiger partial charge in [0.05, 0.1) is 0 Å². The number of hydrogen-bond acceptors (Lipinski definition) is 2. The fourth-order valence-electron chi connectivity index (χ4n) is 3.29. The standard InChI is InChI=1S/C19H25NO2/c1-12(2)14-4-6-15(7-5-14)17-10-18(17)19(22)20-16-8-3-13(9-16)11-21/h3-8,12-13,16-18,21H,9-11H2,1-2H3,(H,20,22)/t13-,16+,17?,18?/m0/s1. The number of amides is 1. The van der Waals surface area contributed by atoms with Crippen LogP contribution in [-0.2, 0) is 4.79 Å². The van der Waals surface area contributed by atoms with Crippen molar-refractivity contribution in [1.29, 1.82) is 0 Å². The highest BCUT2D eigenvalue weighted by Crippen LogP contribution is 2.47. The largest absolute Gasteiger partial charge is 0.396 e. The van der Waals surface area contributed by atoms with Gasteiger partial charge in [0.2, 0.25) is 5.91 Å². The lowest BCUT2D eigenvalue weighted by atomic mass is 10.00. The molecule has 0 radical (unpaired) electrons. The maximum absolute atomic E-state index is 12.3. The lowest BCUT2D eigenvalue weighted by Crippen LogP contribution is -2.34. The molecular formula is C19H25NO2. The Hall–Kier alpha value is -1.61. The van der Waals surface area contributed by atoms with Gasteiger partial charge in [-0.15, -0.1) is 0 Å². The molecule has 118 valence electrons. The molecule has 0 heterocycles. The van der Waals surface area contributed by atoms with Gasteiger partial charge in [0.1, 0.15) is 0 Å². The van der Waals surface area contributed by atoms with E-state index in [1.165, 1.54) is 11.1 Å². The molecular weight excluding hydrogens is 274 g/mol. The van der Waals surface area contributed by atoms with Crippen LogP contribution in [0.4, 0.5) is 0 Å². The maximum atomic E-state index is 12.3. The van der Waals surface area contributed by atoms with Gasteiger partial charge in [-0.3, -0.25) is 4.79 Å². The summed E-state index contributed by atoms with van der Waals surface area (Å²) in [6, 6.07) is 8.79. The van der Waals surface area contributed by atoms with Gasteiger partial charge < -0.3 is 10.4 Å². The summed E-state index contributed by atoms with van der Waals surface area (Å²) in [5.41, 5.74) is 2.62. The van der Waals surface area contributed by atoms with Gasteiger partial charge in [-0.2, -0.15) is 0 Å². The Balaban J connectivity index is 1.53. The van der Waals surface area contributed by atoms with Crippen molar-refractivity contribution in [1.82, 2.24) is 5.32 Å². The Kier molecular flexibility index (Phi) is 4.34. The zero-order valence-electron chi connectivity index (χ0n) is 13.3. The Morgan fingerprint density at radius 2 is 1.95 bits per heavy atom. The lowest BCUT2D eigenvalue weighted by molar-refractivity contribution is -0.122. The number of carbonyl (C=O) groups is 1. The molecule has 0 spiro atoms. The van der Waals surface area contributed by atoms with Crippen LogP contribution in [-0.4, -0.2) is 23.7 Å². The summed E-state index contributed by atoms with van der Waals surface area (Å²) in [4.78, 5) is 12.3. The fraction of sp³-hybridized carbons (Fsp3) is 0.526. The van der Waals surface area contributed by atoms with E-state index in [1.807, 2.05) is 12.2 Å². The summed E-state index contributed by atoms with van der Waals surface area (Å²) in [6.07, 6.45) is 5.78. The van der Waals surface area contributed by atoms with Crippen LogP contribution < -0.4 is 5.32 Å². The van der Waals surface area contributed by atoms with Crippen molar-refractivity contribution in [2.24, 2.45) is 11.8 Å². The van der Waals surface area contributed by atoms with E-state index in [9.17, 15) is 4.79 Å². The molecule has 2 N–H and O–H groups in total. The first-order chi connectivity index (χ1) is 10.6. The van der Waals surface area contributed by atoms with E-state index in [2.05, 4.69) is 43.4 Å². The number of benzene rings is 1. The third kappa shape index (κ3) is 3.25. The smallest absolute Gasteiger partial charge is 0.224 e. The highest BCUT2D eigenvalue weighted by atomic mass is 16.3. The van der Waals surface area contributed by atoms with Gasteiger partial charge in [0.15, 0.2) is 0 Å². The first kappa shape index (κ1) is 15.3. The second-order valence-corrected chi connectivity index (χ2v) is 6.95. The van der Waals surface area contributed by atoms with E-state index < -0.39 is 0 Å². The fourth-order valence-corrected chi connectivity index (χ4v) is 3.29. The number of rotatable bonds is 5. The Morgan fingerprint density at radius 1 is 1.23 bits per heavy atom. The van der Waals surface area contributed by atoms with Gasteiger partial charge in [-0.1, -0.05) is 50.3 Å². The van der Waals surface area contributed by atoms with Gasteiger partial charge in [-0.05, 0) is 35.8 Å². The monoisotopic (exact) mass is 299 g/mol. The van der Waals surface area contributed by atoms with E-state index in [-0.39, 0.29) is 30.4 Å². The molecule has 1 aromatic carbocycles. The molecule has 22 heavy (non-hydrogen) atoms. The second-order valence-electron chi connectivity index (χ2n) is 6.95. The molecule has 1 amide bonds. The quantitative estimate of drug-likeness (QED) is 0.821. The van der Waals surface area contributed by atoms with E-state index in [4.69, 9.17) is 5.11 Å². The zero-order valence-corrected chi connectivity index (χ0v) is 13.3. The highest BCUT2D eigenvalue weighted by molar-refractivity contribution is 5.83. The molecule has 2 unspecified atom stereocenters. The summed E-state index contributed by atoms with van der Waals surface area (Å²) in [5, 5.41) is 12.2. The van der Waals surface area contributed by atoms with Crippen molar-refractivity contribution < 1.29 is 9.90 Å². The summed E-state index contributed by atoms with van der Waals surface area (Å²) >= 11 is 0. The SMILES string of the molecule is CC(C)c1ccc(C2CC2C(=O)N[C@@H]2C=C[C@H](CO)C2)cc1.